The Morgan fingerprint density at radius 1 is 1.17 bits per heavy atom. The largest absolute Gasteiger partial charge is 0.347 e. The molecule has 1 aromatic heterocycles. The van der Waals surface area contributed by atoms with Crippen LogP contribution in [0.25, 0.3) is 11.4 Å². The van der Waals surface area contributed by atoms with E-state index in [0.29, 0.717) is 11.7 Å². The maximum absolute atomic E-state index is 12.7. The standard InChI is InChI=1S/C22H23ClN4O2/c23-19-11-5-4-9-17(19)14-27-12-6-10-18(15-27)22(28)24-13-20-25-21(26-29-20)16-7-2-1-3-8-16/h1-5,7-9,11,18H,6,10,12-15H2,(H,24,28). The molecule has 1 fully saturated rings. The van der Waals surface area contributed by atoms with Crippen LogP contribution in [0, 0.1) is 5.92 Å². The van der Waals surface area contributed by atoms with Crippen molar-refractivity contribution in [1.29, 1.82) is 0 Å². The zero-order valence-electron chi connectivity index (χ0n) is 16.1. The molecule has 0 spiro atoms. The molecule has 0 bridgehead atoms. The Labute approximate surface area is 174 Å². The fraction of sp³-hybridized carbons (Fsp3) is 0.318. The number of carbonyl (C=O) groups is 1. The molecule has 4 rings (SSSR count). The van der Waals surface area contributed by atoms with Gasteiger partial charge in [0.25, 0.3) is 0 Å². The number of nitrogens with zero attached hydrogens (tertiary/aromatic N) is 3. The van der Waals surface area contributed by atoms with Crippen LogP contribution in [0.15, 0.2) is 59.1 Å². The average molecular weight is 411 g/mol. The van der Waals surface area contributed by atoms with Crippen LogP contribution < -0.4 is 5.32 Å². The summed E-state index contributed by atoms with van der Waals surface area (Å²) in [4.78, 5) is 19.3. The van der Waals surface area contributed by atoms with Crippen molar-refractivity contribution in [2.45, 2.75) is 25.9 Å². The number of likely N-dealkylation sites (tertiary alicyclic amines) is 1. The van der Waals surface area contributed by atoms with E-state index in [0.717, 1.165) is 48.6 Å². The first-order valence-electron chi connectivity index (χ1n) is 9.80. The number of benzene rings is 2. The lowest BCUT2D eigenvalue weighted by Gasteiger charge is -2.32. The van der Waals surface area contributed by atoms with Gasteiger partial charge in [-0.3, -0.25) is 9.69 Å². The first kappa shape index (κ1) is 19.6. The first-order chi connectivity index (χ1) is 14.2. The molecule has 1 amide bonds. The molecule has 1 aliphatic rings. The molecular weight excluding hydrogens is 388 g/mol. The van der Waals surface area contributed by atoms with E-state index in [-0.39, 0.29) is 18.4 Å². The van der Waals surface area contributed by atoms with Crippen molar-refractivity contribution in [3.8, 4) is 11.4 Å². The lowest BCUT2D eigenvalue weighted by molar-refractivity contribution is -0.127. The molecule has 3 aromatic rings. The Bertz CT molecular complexity index is 960. The summed E-state index contributed by atoms with van der Waals surface area (Å²) in [6.45, 7) is 2.68. The van der Waals surface area contributed by atoms with E-state index < -0.39 is 0 Å². The fourth-order valence-electron chi connectivity index (χ4n) is 3.62. The fourth-order valence-corrected chi connectivity index (χ4v) is 3.81. The molecule has 2 aromatic carbocycles. The summed E-state index contributed by atoms with van der Waals surface area (Å²) in [6.07, 6.45) is 1.87. The van der Waals surface area contributed by atoms with E-state index in [1.54, 1.807) is 0 Å². The number of carbonyl (C=O) groups excluding carboxylic acids is 1. The molecule has 1 aliphatic heterocycles. The molecule has 1 N–H and O–H groups in total. The van der Waals surface area contributed by atoms with Crippen molar-refractivity contribution in [2.24, 2.45) is 5.92 Å². The molecule has 7 heteroatoms. The molecule has 1 saturated heterocycles. The Morgan fingerprint density at radius 3 is 2.79 bits per heavy atom. The predicted octanol–water partition coefficient (Wildman–Crippen LogP) is 3.92. The molecule has 150 valence electrons. The molecule has 29 heavy (non-hydrogen) atoms. The molecule has 0 radical (unpaired) electrons. The van der Waals surface area contributed by atoms with Crippen molar-refractivity contribution in [1.82, 2.24) is 20.4 Å². The molecule has 1 atom stereocenters. The highest BCUT2D eigenvalue weighted by Gasteiger charge is 2.26. The monoisotopic (exact) mass is 410 g/mol. The molecule has 0 aliphatic carbocycles. The molecule has 1 unspecified atom stereocenters. The SMILES string of the molecule is O=C(NCc1nc(-c2ccccc2)no1)C1CCCN(Cc2ccccc2Cl)C1. The third-order valence-electron chi connectivity index (χ3n) is 5.14. The maximum Gasteiger partial charge on any atom is 0.246 e. The number of hydrogen-bond donors (Lipinski definition) is 1. The van der Waals surface area contributed by atoms with E-state index in [1.165, 1.54) is 0 Å². The third-order valence-corrected chi connectivity index (χ3v) is 5.51. The summed E-state index contributed by atoms with van der Waals surface area (Å²) in [6, 6.07) is 17.5. The Kier molecular flexibility index (Phi) is 6.22. The van der Waals surface area contributed by atoms with Crippen molar-refractivity contribution in [3.05, 3.63) is 71.1 Å². The minimum absolute atomic E-state index is 0.0216. The topological polar surface area (TPSA) is 71.3 Å². The highest BCUT2D eigenvalue weighted by Crippen LogP contribution is 2.22. The first-order valence-corrected chi connectivity index (χ1v) is 10.2. The zero-order valence-corrected chi connectivity index (χ0v) is 16.8. The second kappa shape index (κ2) is 9.20. The van der Waals surface area contributed by atoms with Gasteiger partial charge in [0, 0.05) is 23.7 Å². The minimum Gasteiger partial charge on any atom is -0.347 e. The van der Waals surface area contributed by atoms with Crippen LogP contribution in [-0.2, 0) is 17.9 Å². The van der Waals surface area contributed by atoms with Crippen molar-refractivity contribution in [2.75, 3.05) is 13.1 Å². The number of amides is 1. The zero-order chi connectivity index (χ0) is 20.1. The molecule has 0 saturated carbocycles. The van der Waals surface area contributed by atoms with Crippen LogP contribution in [-0.4, -0.2) is 34.0 Å². The van der Waals surface area contributed by atoms with E-state index in [1.807, 2.05) is 54.6 Å². The van der Waals surface area contributed by atoms with Crippen LogP contribution in [0.5, 0.6) is 0 Å². The number of nitrogens with one attached hydrogen (secondary N) is 1. The molecule has 2 heterocycles. The van der Waals surface area contributed by atoms with Gasteiger partial charge >= 0.3 is 0 Å². The van der Waals surface area contributed by atoms with Gasteiger partial charge in [0.2, 0.25) is 17.6 Å². The number of halogens is 1. The van der Waals surface area contributed by atoms with Gasteiger partial charge in [-0.2, -0.15) is 4.98 Å². The van der Waals surface area contributed by atoms with Crippen LogP contribution in [0.1, 0.15) is 24.3 Å². The normalized spacial score (nSPS) is 17.2. The number of piperidine rings is 1. The van der Waals surface area contributed by atoms with Crippen molar-refractivity contribution < 1.29 is 9.32 Å². The summed E-state index contributed by atoms with van der Waals surface area (Å²) in [7, 11) is 0. The molecule has 6 nitrogen and oxygen atoms in total. The summed E-state index contributed by atoms with van der Waals surface area (Å²) in [5.41, 5.74) is 1.98. The van der Waals surface area contributed by atoms with E-state index in [9.17, 15) is 4.79 Å². The van der Waals surface area contributed by atoms with E-state index in [2.05, 4.69) is 20.4 Å². The van der Waals surface area contributed by atoms with Gasteiger partial charge in [-0.25, -0.2) is 0 Å². The van der Waals surface area contributed by atoms with Crippen LogP contribution in [0.3, 0.4) is 0 Å². The van der Waals surface area contributed by atoms with Gasteiger partial charge in [-0.05, 0) is 31.0 Å². The lowest BCUT2D eigenvalue weighted by atomic mass is 9.96. The summed E-state index contributed by atoms with van der Waals surface area (Å²) >= 11 is 6.28. The van der Waals surface area contributed by atoms with E-state index >= 15 is 0 Å². The number of hydrogen-bond acceptors (Lipinski definition) is 5. The Morgan fingerprint density at radius 2 is 1.97 bits per heavy atom. The van der Waals surface area contributed by atoms with Crippen molar-refractivity contribution in [3.63, 3.8) is 0 Å². The summed E-state index contributed by atoms with van der Waals surface area (Å²) in [5, 5.41) is 7.70. The molecular formula is C22H23ClN4O2. The van der Waals surface area contributed by atoms with Crippen LogP contribution >= 0.6 is 11.6 Å². The second-order valence-corrected chi connectivity index (χ2v) is 7.67. The van der Waals surface area contributed by atoms with Gasteiger partial charge in [0.05, 0.1) is 12.5 Å². The maximum atomic E-state index is 12.7. The summed E-state index contributed by atoms with van der Waals surface area (Å²) in [5.74, 6) is 0.899. The summed E-state index contributed by atoms with van der Waals surface area (Å²) < 4.78 is 5.27. The van der Waals surface area contributed by atoms with Crippen LogP contribution in [0.4, 0.5) is 0 Å². The Hall–Kier alpha value is -2.70. The highest BCUT2D eigenvalue weighted by molar-refractivity contribution is 6.31. The quantitative estimate of drug-likeness (QED) is 0.666. The van der Waals surface area contributed by atoms with Crippen molar-refractivity contribution >= 4 is 17.5 Å². The predicted molar refractivity (Wildman–Crippen MR) is 111 cm³/mol. The minimum atomic E-state index is -0.0530. The van der Waals surface area contributed by atoms with Gasteiger partial charge in [0.15, 0.2) is 0 Å². The third kappa shape index (κ3) is 5.02. The smallest absolute Gasteiger partial charge is 0.246 e. The van der Waals surface area contributed by atoms with Gasteiger partial charge in [-0.15, -0.1) is 0 Å². The number of rotatable bonds is 6. The number of aromatic nitrogens is 2. The average Bonchev–Trinajstić information content (AvgIpc) is 3.24. The lowest BCUT2D eigenvalue weighted by Crippen LogP contribution is -2.42. The van der Waals surface area contributed by atoms with Gasteiger partial charge < -0.3 is 9.84 Å². The van der Waals surface area contributed by atoms with Gasteiger partial charge in [0.1, 0.15) is 0 Å². The van der Waals surface area contributed by atoms with Gasteiger partial charge in [-0.1, -0.05) is 65.3 Å². The van der Waals surface area contributed by atoms with Crippen LogP contribution in [0.2, 0.25) is 5.02 Å². The van der Waals surface area contributed by atoms with E-state index in [4.69, 9.17) is 16.1 Å². The highest BCUT2D eigenvalue weighted by atomic mass is 35.5. The Balaban J connectivity index is 1.30. The second-order valence-electron chi connectivity index (χ2n) is 7.26.